The minimum atomic E-state index is -0.127. The molecule has 0 radical (unpaired) electrons. The molecule has 108 valence electrons. The van der Waals surface area contributed by atoms with Crippen molar-refractivity contribution in [2.75, 3.05) is 20.3 Å². The third-order valence-electron chi connectivity index (χ3n) is 2.75. The molecule has 1 aromatic rings. The van der Waals surface area contributed by atoms with E-state index >= 15 is 0 Å². The van der Waals surface area contributed by atoms with Crippen LogP contribution in [0.5, 0.6) is 0 Å². The Bertz CT molecular complexity index is 382. The molecule has 0 saturated heterocycles. The topological polar surface area (TPSA) is 77.2 Å². The van der Waals surface area contributed by atoms with Crippen LogP contribution in [0.25, 0.3) is 0 Å². The highest BCUT2D eigenvalue weighted by atomic mass is 32.1. The van der Waals surface area contributed by atoms with Crippen molar-refractivity contribution >= 4 is 17.2 Å². The summed E-state index contributed by atoms with van der Waals surface area (Å²) in [5, 5.41) is 5.66. The highest BCUT2D eigenvalue weighted by molar-refractivity contribution is 7.09. The number of ether oxygens (including phenoxy) is 1. The quantitative estimate of drug-likeness (QED) is 0.722. The second kappa shape index (κ2) is 9.01. The van der Waals surface area contributed by atoms with Gasteiger partial charge < -0.3 is 15.8 Å². The number of nitrogens with zero attached hydrogens (tertiary/aromatic N) is 1. The van der Waals surface area contributed by atoms with Gasteiger partial charge in [-0.2, -0.15) is 0 Å². The average Bonchev–Trinajstić information content (AvgIpc) is 2.85. The molecule has 1 amide bonds. The number of hydrogen-bond donors (Lipinski definition) is 2. The SMILES string of the molecule is CCCCC(COC)NC(=O)c1csc(CCN)n1. The molecule has 0 aliphatic heterocycles. The average molecular weight is 285 g/mol. The third-order valence-corrected chi connectivity index (χ3v) is 3.66. The van der Waals surface area contributed by atoms with Crippen LogP contribution in [0, 0.1) is 0 Å². The van der Waals surface area contributed by atoms with Crippen molar-refractivity contribution in [3.05, 3.63) is 16.1 Å². The fourth-order valence-corrected chi connectivity index (χ4v) is 2.56. The number of unbranched alkanes of at least 4 members (excludes halogenated alkanes) is 1. The number of aromatic nitrogens is 1. The van der Waals surface area contributed by atoms with Gasteiger partial charge in [0.2, 0.25) is 0 Å². The number of carbonyl (C=O) groups is 1. The van der Waals surface area contributed by atoms with Crippen molar-refractivity contribution < 1.29 is 9.53 Å². The van der Waals surface area contributed by atoms with Gasteiger partial charge in [-0.3, -0.25) is 4.79 Å². The lowest BCUT2D eigenvalue weighted by atomic mass is 10.1. The highest BCUT2D eigenvalue weighted by Gasteiger charge is 2.15. The first-order valence-corrected chi connectivity index (χ1v) is 7.53. The molecule has 1 aromatic heterocycles. The van der Waals surface area contributed by atoms with Gasteiger partial charge in [-0.1, -0.05) is 19.8 Å². The maximum absolute atomic E-state index is 12.1. The first-order chi connectivity index (χ1) is 9.21. The van der Waals surface area contributed by atoms with Crippen LogP contribution >= 0.6 is 11.3 Å². The monoisotopic (exact) mass is 285 g/mol. The van der Waals surface area contributed by atoms with Gasteiger partial charge in [0.15, 0.2) is 0 Å². The number of nitrogens with two attached hydrogens (primary N) is 1. The Kier molecular flexibility index (Phi) is 7.62. The summed E-state index contributed by atoms with van der Waals surface area (Å²) < 4.78 is 5.13. The van der Waals surface area contributed by atoms with Crippen molar-refractivity contribution in [3.8, 4) is 0 Å². The molecule has 1 heterocycles. The van der Waals surface area contributed by atoms with E-state index in [1.165, 1.54) is 11.3 Å². The maximum Gasteiger partial charge on any atom is 0.271 e. The minimum Gasteiger partial charge on any atom is -0.383 e. The van der Waals surface area contributed by atoms with Crippen LogP contribution in [-0.2, 0) is 11.2 Å². The Balaban J connectivity index is 2.54. The number of amides is 1. The van der Waals surface area contributed by atoms with E-state index in [0.29, 0.717) is 18.8 Å². The van der Waals surface area contributed by atoms with E-state index in [4.69, 9.17) is 10.5 Å². The zero-order valence-corrected chi connectivity index (χ0v) is 12.5. The molecule has 0 spiro atoms. The highest BCUT2D eigenvalue weighted by Crippen LogP contribution is 2.11. The van der Waals surface area contributed by atoms with Crippen molar-refractivity contribution in [3.63, 3.8) is 0 Å². The second-order valence-electron chi connectivity index (χ2n) is 4.43. The first kappa shape index (κ1) is 16.1. The summed E-state index contributed by atoms with van der Waals surface area (Å²) in [4.78, 5) is 16.3. The fourth-order valence-electron chi connectivity index (χ4n) is 1.76. The molecule has 0 saturated carbocycles. The molecule has 5 nitrogen and oxygen atoms in total. The van der Waals surface area contributed by atoms with Crippen molar-refractivity contribution in [2.24, 2.45) is 5.73 Å². The largest absolute Gasteiger partial charge is 0.383 e. The number of carbonyl (C=O) groups excluding carboxylic acids is 1. The van der Waals surface area contributed by atoms with Gasteiger partial charge in [-0.05, 0) is 13.0 Å². The number of nitrogens with one attached hydrogen (secondary N) is 1. The second-order valence-corrected chi connectivity index (χ2v) is 5.38. The first-order valence-electron chi connectivity index (χ1n) is 6.65. The van der Waals surface area contributed by atoms with Gasteiger partial charge in [-0.15, -0.1) is 11.3 Å². The van der Waals surface area contributed by atoms with Crippen LogP contribution in [-0.4, -0.2) is 37.2 Å². The fraction of sp³-hybridized carbons (Fsp3) is 0.692. The zero-order chi connectivity index (χ0) is 14.1. The third kappa shape index (κ3) is 5.67. The standard InChI is InChI=1S/C13H23N3O2S/c1-3-4-5-10(8-18-2)15-13(17)11-9-19-12(16-11)6-7-14/h9-10H,3-8,14H2,1-2H3,(H,15,17). The summed E-state index contributed by atoms with van der Waals surface area (Å²) in [6, 6.07) is 0.0529. The van der Waals surface area contributed by atoms with E-state index in [2.05, 4.69) is 17.2 Å². The smallest absolute Gasteiger partial charge is 0.271 e. The van der Waals surface area contributed by atoms with Gasteiger partial charge in [0.25, 0.3) is 5.91 Å². The number of rotatable bonds is 9. The van der Waals surface area contributed by atoms with Crippen LogP contribution < -0.4 is 11.1 Å². The van der Waals surface area contributed by atoms with Crippen molar-refractivity contribution in [1.82, 2.24) is 10.3 Å². The van der Waals surface area contributed by atoms with Crippen LogP contribution in [0.1, 0.15) is 41.7 Å². The molecule has 19 heavy (non-hydrogen) atoms. The van der Waals surface area contributed by atoms with Crippen LogP contribution in [0.2, 0.25) is 0 Å². The maximum atomic E-state index is 12.1. The lowest BCUT2D eigenvalue weighted by Crippen LogP contribution is -2.38. The van der Waals surface area contributed by atoms with Gasteiger partial charge >= 0.3 is 0 Å². The normalized spacial score (nSPS) is 12.4. The van der Waals surface area contributed by atoms with Crippen LogP contribution in [0.3, 0.4) is 0 Å². The van der Waals surface area contributed by atoms with Gasteiger partial charge in [0.05, 0.1) is 17.7 Å². The lowest BCUT2D eigenvalue weighted by Gasteiger charge is -2.16. The number of thiazole rings is 1. The summed E-state index contributed by atoms with van der Waals surface area (Å²) >= 11 is 1.48. The summed E-state index contributed by atoms with van der Waals surface area (Å²) in [6.07, 6.45) is 3.82. The molecule has 0 aromatic carbocycles. The van der Waals surface area contributed by atoms with Crippen molar-refractivity contribution in [1.29, 1.82) is 0 Å². The number of methoxy groups -OCH3 is 1. The minimum absolute atomic E-state index is 0.0529. The summed E-state index contributed by atoms with van der Waals surface area (Å²) in [7, 11) is 1.65. The predicted molar refractivity (Wildman–Crippen MR) is 77.5 cm³/mol. The summed E-state index contributed by atoms with van der Waals surface area (Å²) in [5.41, 5.74) is 5.95. The van der Waals surface area contributed by atoms with E-state index in [1.54, 1.807) is 12.5 Å². The molecule has 0 aliphatic rings. The lowest BCUT2D eigenvalue weighted by molar-refractivity contribution is 0.0886. The number of hydrogen-bond acceptors (Lipinski definition) is 5. The van der Waals surface area contributed by atoms with Gasteiger partial charge in [-0.25, -0.2) is 4.98 Å². The Hall–Kier alpha value is -0.980. The Morgan fingerprint density at radius 2 is 2.42 bits per heavy atom. The molecular weight excluding hydrogens is 262 g/mol. The Morgan fingerprint density at radius 3 is 3.05 bits per heavy atom. The molecule has 0 aliphatic carbocycles. The molecular formula is C13H23N3O2S. The van der Waals surface area contributed by atoms with Gasteiger partial charge in [0, 0.05) is 18.9 Å². The molecule has 1 rings (SSSR count). The molecule has 3 N–H and O–H groups in total. The van der Waals surface area contributed by atoms with E-state index < -0.39 is 0 Å². The van der Waals surface area contributed by atoms with Crippen LogP contribution in [0.15, 0.2) is 5.38 Å². The predicted octanol–water partition coefficient (Wildman–Crippen LogP) is 1.58. The summed E-state index contributed by atoms with van der Waals surface area (Å²) in [5.74, 6) is -0.127. The van der Waals surface area contributed by atoms with E-state index in [0.717, 1.165) is 30.7 Å². The molecule has 6 heteroatoms. The molecule has 1 atom stereocenters. The molecule has 0 bridgehead atoms. The van der Waals surface area contributed by atoms with E-state index in [9.17, 15) is 4.79 Å². The van der Waals surface area contributed by atoms with Crippen molar-refractivity contribution in [2.45, 2.75) is 38.6 Å². The summed E-state index contributed by atoms with van der Waals surface area (Å²) in [6.45, 7) is 3.22. The Morgan fingerprint density at radius 1 is 1.63 bits per heavy atom. The molecule has 0 fully saturated rings. The molecule has 1 unspecified atom stereocenters. The Labute approximate surface area is 118 Å². The van der Waals surface area contributed by atoms with Gasteiger partial charge in [0.1, 0.15) is 5.69 Å². The zero-order valence-electron chi connectivity index (χ0n) is 11.6. The van der Waals surface area contributed by atoms with E-state index in [-0.39, 0.29) is 11.9 Å². The van der Waals surface area contributed by atoms with Crippen LogP contribution in [0.4, 0.5) is 0 Å². The van der Waals surface area contributed by atoms with E-state index in [1.807, 2.05) is 0 Å².